The summed E-state index contributed by atoms with van der Waals surface area (Å²) in [5.41, 5.74) is 3.51. The normalized spacial score (nSPS) is 13.9. The van der Waals surface area contributed by atoms with Gasteiger partial charge in [-0.3, -0.25) is 9.36 Å². The quantitative estimate of drug-likeness (QED) is 0.769. The number of fused-ring (bicyclic) bond motifs is 3. The third-order valence-corrected chi connectivity index (χ3v) is 5.88. The Kier molecular flexibility index (Phi) is 3.88. The zero-order valence-electron chi connectivity index (χ0n) is 14.1. The molecule has 3 aromatic rings. The van der Waals surface area contributed by atoms with Gasteiger partial charge in [-0.05, 0) is 57.2 Å². The Morgan fingerprint density at radius 2 is 1.96 bits per heavy atom. The van der Waals surface area contributed by atoms with Crippen molar-refractivity contribution in [3.05, 3.63) is 50.6 Å². The molecular formula is C19H21N3OS. The van der Waals surface area contributed by atoms with Crippen LogP contribution < -0.4 is 10.9 Å². The monoisotopic (exact) mass is 339 g/mol. The molecule has 1 N–H and O–H groups in total. The lowest BCUT2D eigenvalue weighted by Gasteiger charge is -2.13. The standard InChI is InChI=1S/C19H21N3OS/c1-3-22-18(23)16-14-6-4-5-7-15(14)24-17(16)21-19(22)20-13-10-8-12(2)9-11-13/h8-11H,3-7H2,1-2H3,(H,20,21). The van der Waals surface area contributed by atoms with E-state index in [2.05, 4.69) is 24.4 Å². The fourth-order valence-electron chi connectivity index (χ4n) is 3.39. The van der Waals surface area contributed by atoms with Gasteiger partial charge in [0.25, 0.3) is 5.56 Å². The topological polar surface area (TPSA) is 46.9 Å². The molecule has 0 saturated heterocycles. The minimum atomic E-state index is 0.0940. The molecule has 2 aromatic heterocycles. The van der Waals surface area contributed by atoms with Crippen LogP contribution in [0.1, 0.15) is 35.8 Å². The van der Waals surface area contributed by atoms with Gasteiger partial charge in [0.2, 0.25) is 5.95 Å². The summed E-state index contributed by atoms with van der Waals surface area (Å²) in [6, 6.07) is 8.15. The summed E-state index contributed by atoms with van der Waals surface area (Å²) >= 11 is 1.70. The molecule has 0 atom stereocenters. The highest BCUT2D eigenvalue weighted by Crippen LogP contribution is 2.34. The molecule has 0 unspecified atom stereocenters. The second-order valence-electron chi connectivity index (χ2n) is 6.37. The number of aryl methyl sites for hydroxylation is 3. The molecule has 0 amide bonds. The molecular weight excluding hydrogens is 318 g/mol. The van der Waals surface area contributed by atoms with Crippen LogP contribution in [0.4, 0.5) is 11.6 Å². The molecule has 1 aliphatic carbocycles. The third kappa shape index (κ3) is 2.53. The minimum Gasteiger partial charge on any atom is -0.325 e. The highest BCUT2D eigenvalue weighted by Gasteiger charge is 2.21. The van der Waals surface area contributed by atoms with Crippen molar-refractivity contribution < 1.29 is 0 Å². The summed E-state index contributed by atoms with van der Waals surface area (Å²) in [6.45, 7) is 4.67. The summed E-state index contributed by atoms with van der Waals surface area (Å²) in [5.74, 6) is 0.637. The van der Waals surface area contributed by atoms with Gasteiger partial charge in [-0.25, -0.2) is 4.98 Å². The maximum Gasteiger partial charge on any atom is 0.263 e. The number of thiophene rings is 1. The van der Waals surface area contributed by atoms with Crippen molar-refractivity contribution in [2.75, 3.05) is 5.32 Å². The Labute approximate surface area is 145 Å². The number of benzene rings is 1. The maximum atomic E-state index is 13.0. The molecule has 0 bridgehead atoms. The van der Waals surface area contributed by atoms with Crippen LogP contribution in [0.15, 0.2) is 29.1 Å². The van der Waals surface area contributed by atoms with Gasteiger partial charge < -0.3 is 5.32 Å². The molecule has 24 heavy (non-hydrogen) atoms. The van der Waals surface area contributed by atoms with Crippen molar-refractivity contribution in [3.63, 3.8) is 0 Å². The van der Waals surface area contributed by atoms with Crippen LogP contribution in [0, 0.1) is 6.92 Å². The van der Waals surface area contributed by atoms with Crippen molar-refractivity contribution >= 4 is 33.2 Å². The molecule has 0 radical (unpaired) electrons. The van der Waals surface area contributed by atoms with E-state index in [0.717, 1.165) is 28.7 Å². The third-order valence-electron chi connectivity index (χ3n) is 4.70. The number of nitrogens with one attached hydrogen (secondary N) is 1. The smallest absolute Gasteiger partial charge is 0.263 e. The van der Waals surface area contributed by atoms with E-state index in [1.165, 1.54) is 28.8 Å². The van der Waals surface area contributed by atoms with Gasteiger partial charge in [-0.15, -0.1) is 11.3 Å². The average molecular weight is 339 g/mol. The van der Waals surface area contributed by atoms with Crippen molar-refractivity contribution in [3.8, 4) is 0 Å². The van der Waals surface area contributed by atoms with Crippen LogP contribution in [0.2, 0.25) is 0 Å². The summed E-state index contributed by atoms with van der Waals surface area (Å²) in [4.78, 5) is 20.1. The fraction of sp³-hybridized carbons (Fsp3) is 0.368. The van der Waals surface area contributed by atoms with E-state index in [1.807, 2.05) is 19.1 Å². The molecule has 1 aromatic carbocycles. The SMILES string of the molecule is CCn1c(Nc2ccc(C)cc2)nc2sc3c(c2c1=O)CCCC3. The fourth-order valence-corrected chi connectivity index (χ4v) is 4.65. The number of hydrogen-bond donors (Lipinski definition) is 1. The molecule has 124 valence electrons. The van der Waals surface area contributed by atoms with E-state index in [-0.39, 0.29) is 5.56 Å². The van der Waals surface area contributed by atoms with E-state index >= 15 is 0 Å². The van der Waals surface area contributed by atoms with Gasteiger partial charge >= 0.3 is 0 Å². The molecule has 1 aliphatic rings. The van der Waals surface area contributed by atoms with E-state index < -0.39 is 0 Å². The zero-order chi connectivity index (χ0) is 16.7. The van der Waals surface area contributed by atoms with E-state index in [4.69, 9.17) is 4.98 Å². The lowest BCUT2D eigenvalue weighted by molar-refractivity contribution is 0.696. The molecule has 4 nitrogen and oxygen atoms in total. The van der Waals surface area contributed by atoms with Crippen molar-refractivity contribution in [2.45, 2.75) is 46.1 Å². The minimum absolute atomic E-state index is 0.0940. The van der Waals surface area contributed by atoms with Crippen molar-refractivity contribution in [2.24, 2.45) is 0 Å². The van der Waals surface area contributed by atoms with Gasteiger partial charge in [0.05, 0.1) is 5.39 Å². The number of hydrogen-bond acceptors (Lipinski definition) is 4. The Morgan fingerprint density at radius 1 is 1.21 bits per heavy atom. The van der Waals surface area contributed by atoms with Crippen LogP contribution in [0.3, 0.4) is 0 Å². The summed E-state index contributed by atoms with van der Waals surface area (Å²) in [5, 5.41) is 4.18. The second-order valence-corrected chi connectivity index (χ2v) is 7.45. The first-order valence-electron chi connectivity index (χ1n) is 8.56. The van der Waals surface area contributed by atoms with Gasteiger partial charge in [-0.2, -0.15) is 0 Å². The number of anilines is 2. The first kappa shape index (κ1) is 15.4. The molecule has 5 heteroatoms. The zero-order valence-corrected chi connectivity index (χ0v) is 14.9. The maximum absolute atomic E-state index is 13.0. The molecule has 0 spiro atoms. The highest BCUT2D eigenvalue weighted by molar-refractivity contribution is 7.18. The largest absolute Gasteiger partial charge is 0.325 e. The predicted octanol–water partition coefficient (Wildman–Crippen LogP) is 4.41. The van der Waals surface area contributed by atoms with Crippen molar-refractivity contribution in [1.82, 2.24) is 9.55 Å². The van der Waals surface area contributed by atoms with Crippen LogP contribution >= 0.6 is 11.3 Å². The molecule has 2 heterocycles. The van der Waals surface area contributed by atoms with Crippen molar-refractivity contribution in [1.29, 1.82) is 0 Å². The number of rotatable bonds is 3. The van der Waals surface area contributed by atoms with E-state index in [1.54, 1.807) is 15.9 Å². The average Bonchev–Trinajstić information content (AvgIpc) is 2.95. The first-order valence-corrected chi connectivity index (χ1v) is 9.38. The van der Waals surface area contributed by atoms with Gasteiger partial charge in [0.1, 0.15) is 4.83 Å². The molecule has 0 saturated carbocycles. The predicted molar refractivity (Wildman–Crippen MR) is 101 cm³/mol. The highest BCUT2D eigenvalue weighted by atomic mass is 32.1. The molecule has 4 rings (SSSR count). The van der Waals surface area contributed by atoms with Gasteiger partial charge in [0.15, 0.2) is 0 Å². The summed E-state index contributed by atoms with van der Waals surface area (Å²) in [6.07, 6.45) is 4.49. The molecule has 0 fully saturated rings. The number of nitrogens with zero attached hydrogens (tertiary/aromatic N) is 2. The summed E-state index contributed by atoms with van der Waals surface area (Å²) < 4.78 is 1.75. The van der Waals surface area contributed by atoms with E-state index in [0.29, 0.717) is 12.5 Å². The lowest BCUT2D eigenvalue weighted by Crippen LogP contribution is -2.23. The van der Waals surface area contributed by atoms with Crippen LogP contribution in [-0.2, 0) is 19.4 Å². The van der Waals surface area contributed by atoms with Gasteiger partial charge in [-0.1, -0.05) is 17.7 Å². The molecule has 0 aliphatic heterocycles. The number of aromatic nitrogens is 2. The van der Waals surface area contributed by atoms with Crippen LogP contribution in [0.5, 0.6) is 0 Å². The summed E-state index contributed by atoms with van der Waals surface area (Å²) in [7, 11) is 0. The second kappa shape index (κ2) is 6.06. The Bertz CT molecular complexity index is 953. The Morgan fingerprint density at radius 3 is 2.71 bits per heavy atom. The Hall–Kier alpha value is -2.14. The van der Waals surface area contributed by atoms with Crippen LogP contribution in [0.25, 0.3) is 10.2 Å². The van der Waals surface area contributed by atoms with Gasteiger partial charge in [0, 0.05) is 17.1 Å². The Balaban J connectivity index is 1.86. The lowest BCUT2D eigenvalue weighted by atomic mass is 9.97. The van der Waals surface area contributed by atoms with Crippen LogP contribution in [-0.4, -0.2) is 9.55 Å². The van der Waals surface area contributed by atoms with E-state index in [9.17, 15) is 4.79 Å². The first-order chi connectivity index (χ1) is 11.7.